The Morgan fingerprint density at radius 2 is 0.306 bits per heavy atom. The van der Waals surface area contributed by atoms with Crippen molar-refractivity contribution in [2.24, 2.45) is 0 Å². The van der Waals surface area contributed by atoms with Gasteiger partial charge in [0.25, 0.3) is 0 Å². The number of nitrogens with zero attached hydrogens (tertiary/aromatic N) is 4. The molecule has 0 radical (unpaired) electrons. The molecule has 8 heteroatoms. The van der Waals surface area contributed by atoms with Gasteiger partial charge in [-0.3, -0.25) is 14.1 Å². The van der Waals surface area contributed by atoms with Gasteiger partial charge in [0.2, 0.25) is 0 Å². The first-order valence-corrected chi connectivity index (χ1v) is 45.3. The summed E-state index contributed by atoms with van der Waals surface area (Å²) in [6.07, 6.45) is 3.95. The van der Waals surface area contributed by atoms with E-state index in [-0.39, 0.29) is 0 Å². The van der Waals surface area contributed by atoms with Crippen molar-refractivity contribution < 1.29 is 0 Å². The second-order valence-electron chi connectivity index (χ2n) is 28.2. The van der Waals surface area contributed by atoms with Crippen molar-refractivity contribution in [3.05, 3.63) is 449 Å². The summed E-state index contributed by atoms with van der Waals surface area (Å²) < 4.78 is 4.79. The van der Waals surface area contributed by atoms with Crippen molar-refractivity contribution in [2.45, 2.75) is 0 Å². The predicted molar refractivity (Wildman–Crippen MR) is 465 cm³/mol. The van der Waals surface area contributed by atoms with Crippen molar-refractivity contribution in [1.29, 1.82) is 0 Å². The van der Waals surface area contributed by atoms with Gasteiger partial charge in [-0.2, -0.15) is 0 Å². The Morgan fingerprint density at radius 1 is 0.157 bits per heavy atom. The lowest BCUT2D eigenvalue weighted by Crippen LogP contribution is -2.74. The molecule has 0 aliphatic heterocycles. The topological polar surface area (TPSA) is 35.6 Å². The van der Waals surface area contributed by atoms with Crippen LogP contribution in [0.2, 0.25) is 0 Å². The minimum Gasteiger partial charge on any atom is -0.292 e. The van der Waals surface area contributed by atoms with E-state index < -0.39 is 32.3 Å². The summed E-state index contributed by atoms with van der Waals surface area (Å²) in [5.41, 5.74) is 4.19. The van der Waals surface area contributed by atoms with E-state index in [1.165, 1.54) is 83.0 Å². The summed E-state index contributed by atoms with van der Waals surface area (Å²) >= 11 is 0. The monoisotopic (exact) mass is 1440 g/mol. The number of hydrogen-bond acceptors (Lipinski definition) is 2. The van der Waals surface area contributed by atoms with Crippen molar-refractivity contribution in [2.75, 3.05) is 0 Å². The first-order chi connectivity index (χ1) is 53.6. The number of aromatic nitrogens is 4. The summed E-state index contributed by atoms with van der Waals surface area (Å²) in [5.74, 6) is 1.44. The highest BCUT2D eigenvalue weighted by atomic mass is 28.3. The average molecular weight is 1440 g/mol. The molecule has 510 valence electrons. The summed E-state index contributed by atoms with van der Waals surface area (Å²) in [4.78, 5) is 11.4. The zero-order valence-corrected chi connectivity index (χ0v) is 63.5. The van der Waals surface area contributed by atoms with E-state index in [4.69, 9.17) is 9.97 Å². The lowest BCUT2D eigenvalue weighted by atomic mass is 10.1. The van der Waals surface area contributed by atoms with Crippen molar-refractivity contribution in [3.8, 4) is 11.6 Å². The first-order valence-electron chi connectivity index (χ1n) is 37.3. The zero-order valence-electron chi connectivity index (χ0n) is 59.5. The predicted octanol–water partition coefficient (Wildman–Crippen LogP) is 12.2. The molecule has 3 heterocycles. The number of hydrogen-bond donors (Lipinski definition) is 0. The van der Waals surface area contributed by atoms with Crippen LogP contribution in [0.5, 0.6) is 0 Å². The molecule has 19 rings (SSSR count). The molecule has 0 unspecified atom stereocenters. The SMILES string of the molecule is c1ccc([Si](c2ccccc2)(c2ccccc2)c2ccc3c(c2)c2cc([Si](c4ccccc4)(c4ccccc4)c4ccccc4)ccc2n3-c2cncc(-n3c4ccc([Si](c5ccccc5)(c5ccccc5)c5ccccc5)cc4c4cc([Si](c5ccccc5)(c5ccccc5)c5ccccc5)ccc43)n2)cc1. The molecule has 3 aromatic heterocycles. The van der Waals surface area contributed by atoms with Gasteiger partial charge in [0.15, 0.2) is 43.9 Å². The maximum absolute atomic E-state index is 6.01. The smallest absolute Gasteiger partial charge is 0.179 e. The third-order valence-corrected chi connectivity index (χ3v) is 41.9. The van der Waals surface area contributed by atoms with Crippen LogP contribution < -0.4 is 83.0 Å². The van der Waals surface area contributed by atoms with Crippen LogP contribution >= 0.6 is 0 Å². The maximum Gasteiger partial charge on any atom is 0.179 e. The fourth-order valence-electron chi connectivity index (χ4n) is 18.3. The van der Waals surface area contributed by atoms with E-state index in [1.54, 1.807) is 0 Å². The molecule has 19 aromatic rings. The Labute approximate surface area is 634 Å². The molecular weight excluding hydrogens is 1370 g/mol. The highest BCUT2D eigenvalue weighted by molar-refractivity contribution is 7.22. The van der Waals surface area contributed by atoms with Gasteiger partial charge in [-0.15, -0.1) is 0 Å². The van der Waals surface area contributed by atoms with E-state index in [1.807, 2.05) is 12.4 Å². The quantitative estimate of drug-likeness (QED) is 0.0634. The second kappa shape index (κ2) is 27.8. The van der Waals surface area contributed by atoms with Crippen LogP contribution in [0.25, 0.3) is 55.2 Å². The van der Waals surface area contributed by atoms with Gasteiger partial charge in [-0.05, 0) is 107 Å². The number of fused-ring (bicyclic) bond motifs is 6. The second-order valence-corrected chi connectivity index (χ2v) is 43.5. The standard InChI is InChI=1S/C100H74N4Si4/c1-13-37-75(38-14-1)105(76-39-15-2-16-40-76,77-41-17-3-18-42-77)87-61-65-95-91(69-87)92-70-88(106(78-43-19-4-20-44-78,79-45-21-5-22-46-79)80-47-23-6-24-48-80)62-66-96(92)103(95)99-73-101-74-100(102-99)104-97-67-63-89(107(81-49-25-7-26-50-81,82-51-27-8-28-52-82)83-53-29-9-30-54-83)71-93(97)94-72-90(64-68-98(94)104)108(84-55-31-10-32-56-84,85-57-33-11-34-58-85)86-59-35-12-36-60-86/h1-74H. The van der Waals surface area contributed by atoms with Crippen LogP contribution in [0.4, 0.5) is 0 Å². The van der Waals surface area contributed by atoms with Crippen LogP contribution in [0.1, 0.15) is 0 Å². The van der Waals surface area contributed by atoms with Crippen molar-refractivity contribution >= 4 is 159 Å². The largest absolute Gasteiger partial charge is 0.292 e. The van der Waals surface area contributed by atoms with Crippen molar-refractivity contribution in [3.63, 3.8) is 0 Å². The minimum atomic E-state index is -3.06. The third-order valence-electron chi connectivity index (χ3n) is 22.8. The maximum atomic E-state index is 6.01. The van der Waals surface area contributed by atoms with Crippen LogP contribution in [0.15, 0.2) is 449 Å². The molecule has 0 saturated carbocycles. The molecule has 0 bridgehead atoms. The molecule has 0 N–H and O–H groups in total. The van der Waals surface area contributed by atoms with E-state index in [2.05, 4.69) is 446 Å². The van der Waals surface area contributed by atoms with Gasteiger partial charge in [0.1, 0.15) is 0 Å². The summed E-state index contributed by atoms with van der Waals surface area (Å²) in [5, 5.41) is 25.6. The van der Waals surface area contributed by atoms with Crippen molar-refractivity contribution in [1.82, 2.24) is 19.1 Å². The molecule has 0 saturated heterocycles. The van der Waals surface area contributed by atoms with E-state index >= 15 is 0 Å². The van der Waals surface area contributed by atoms with E-state index in [0.717, 1.165) is 55.2 Å². The van der Waals surface area contributed by atoms with Crippen LogP contribution in [0.3, 0.4) is 0 Å². The lowest BCUT2D eigenvalue weighted by Gasteiger charge is -2.34. The Kier molecular flexibility index (Phi) is 17.0. The number of benzene rings is 16. The van der Waals surface area contributed by atoms with Gasteiger partial charge in [0.05, 0.1) is 34.5 Å². The van der Waals surface area contributed by atoms with Gasteiger partial charge in [-0.1, -0.05) is 413 Å². The highest BCUT2D eigenvalue weighted by Crippen LogP contribution is 2.36. The van der Waals surface area contributed by atoms with Gasteiger partial charge in [-0.25, -0.2) is 4.98 Å². The highest BCUT2D eigenvalue weighted by Gasteiger charge is 2.46. The fraction of sp³-hybridized carbons (Fsp3) is 0. The number of rotatable bonds is 18. The summed E-state index contributed by atoms with van der Waals surface area (Å²) in [6.45, 7) is 0. The van der Waals surface area contributed by atoms with Crippen LogP contribution in [0, 0.1) is 0 Å². The Hall–Kier alpha value is -12.9. The van der Waals surface area contributed by atoms with E-state index in [0.29, 0.717) is 0 Å². The Morgan fingerprint density at radius 3 is 0.454 bits per heavy atom. The van der Waals surface area contributed by atoms with Gasteiger partial charge >= 0.3 is 0 Å². The molecule has 16 aromatic carbocycles. The molecule has 0 aliphatic carbocycles. The molecule has 0 atom stereocenters. The lowest BCUT2D eigenvalue weighted by molar-refractivity contribution is 0.979. The summed E-state index contributed by atoms with van der Waals surface area (Å²) in [6, 6.07) is 165. The Bertz CT molecular complexity index is 5240. The third kappa shape index (κ3) is 10.6. The molecule has 0 fully saturated rings. The molecule has 108 heavy (non-hydrogen) atoms. The molecule has 0 amide bonds. The Balaban J connectivity index is 0.902. The molecule has 0 spiro atoms. The summed E-state index contributed by atoms with van der Waals surface area (Å²) in [7, 11) is -12.2. The van der Waals surface area contributed by atoms with E-state index in [9.17, 15) is 0 Å². The van der Waals surface area contributed by atoms with Crippen LogP contribution in [-0.4, -0.2) is 51.4 Å². The minimum absolute atomic E-state index is 0.721. The zero-order chi connectivity index (χ0) is 71.9. The molecule has 0 aliphatic rings. The van der Waals surface area contributed by atoms with Crippen LogP contribution in [-0.2, 0) is 0 Å². The first kappa shape index (κ1) is 65.8. The fourth-order valence-corrected chi connectivity index (χ4v) is 37.4. The normalized spacial score (nSPS) is 12.1. The molecular formula is C100H74N4Si4. The molecule has 4 nitrogen and oxygen atoms in total. The average Bonchev–Trinajstić information content (AvgIpc) is 1.48. The van der Waals surface area contributed by atoms with Gasteiger partial charge < -0.3 is 0 Å². The van der Waals surface area contributed by atoms with Gasteiger partial charge in [0, 0.05) is 21.5 Å².